The molecule has 0 spiro atoms. The van der Waals surface area contributed by atoms with Crippen LogP contribution in [0, 0.1) is 0 Å². The highest BCUT2D eigenvalue weighted by molar-refractivity contribution is 7.97. The normalized spacial score (nSPS) is 14.7. The van der Waals surface area contributed by atoms with Gasteiger partial charge in [-0.2, -0.15) is 11.8 Å². The van der Waals surface area contributed by atoms with E-state index in [1.165, 1.54) is 0 Å². The van der Waals surface area contributed by atoms with Gasteiger partial charge in [0.15, 0.2) is 0 Å². The Morgan fingerprint density at radius 3 is 2.80 bits per heavy atom. The summed E-state index contributed by atoms with van der Waals surface area (Å²) in [4.78, 5) is 31.9. The van der Waals surface area contributed by atoms with Crippen molar-refractivity contribution in [2.45, 2.75) is 12.3 Å². The van der Waals surface area contributed by atoms with Gasteiger partial charge in [0, 0.05) is 26.2 Å². The molecule has 1 aromatic carbocycles. The van der Waals surface area contributed by atoms with E-state index in [0.717, 1.165) is 51.7 Å². The number of thioether (sulfide) groups is 1. The third-order valence-electron chi connectivity index (χ3n) is 5.47. The van der Waals surface area contributed by atoms with E-state index in [1.54, 1.807) is 29.4 Å². The Balaban J connectivity index is 1.30. The highest BCUT2D eigenvalue weighted by Crippen LogP contribution is 2.27. The Kier molecular flexibility index (Phi) is 5.30. The quantitative estimate of drug-likeness (QED) is 0.477. The fourth-order valence-corrected chi connectivity index (χ4v) is 5.18. The summed E-state index contributed by atoms with van der Waals surface area (Å²) in [5.74, 6) is 2.86. The van der Waals surface area contributed by atoms with Crippen LogP contribution in [0.5, 0.6) is 0 Å². The monoisotopic (exact) mass is 438 g/mol. The smallest absolute Gasteiger partial charge is 0.242 e. The lowest BCUT2D eigenvalue weighted by Crippen LogP contribution is -2.50. The number of imidazole rings is 1. The van der Waals surface area contributed by atoms with E-state index in [0.29, 0.717) is 19.6 Å². The maximum absolute atomic E-state index is 13.1. The lowest BCUT2D eigenvalue weighted by Gasteiger charge is -2.35. The molecule has 1 aliphatic heterocycles. The molecular weight excluding hydrogens is 416 g/mol. The predicted octanol–water partition coefficient (Wildman–Crippen LogP) is 3.25. The molecule has 3 aromatic heterocycles. The summed E-state index contributed by atoms with van der Waals surface area (Å²) in [7, 11) is 0. The number of carbonyl (C=O) groups excluding carboxylic acids is 1. The number of carbonyl (C=O) groups is 1. The van der Waals surface area contributed by atoms with Crippen molar-refractivity contribution in [1.82, 2.24) is 24.4 Å². The summed E-state index contributed by atoms with van der Waals surface area (Å²) in [6, 6.07) is 10.1. The molecule has 30 heavy (non-hydrogen) atoms. The number of para-hydroxylation sites is 2. The second kappa shape index (κ2) is 8.23. The predicted molar refractivity (Wildman–Crippen MR) is 123 cm³/mol. The minimum atomic E-state index is 0.142. The second-order valence-corrected chi connectivity index (χ2v) is 9.00. The van der Waals surface area contributed by atoms with Gasteiger partial charge in [-0.15, -0.1) is 11.3 Å². The number of benzene rings is 1. The second-order valence-electron chi connectivity index (χ2n) is 7.24. The Morgan fingerprint density at radius 1 is 1.13 bits per heavy atom. The molecule has 0 atom stereocenters. The zero-order chi connectivity index (χ0) is 20.5. The standard InChI is InChI=1S/C21H22N6OS2/c1-29-13-18-24-16-4-2-3-5-17(16)27(18)12-19(28)25-7-9-26(10-8-25)20-15-6-11-30-21(15)23-14-22-20/h2-6,11,14H,7-10,12-13H2,1H3. The van der Waals surface area contributed by atoms with Crippen molar-refractivity contribution >= 4 is 56.1 Å². The van der Waals surface area contributed by atoms with Gasteiger partial charge >= 0.3 is 0 Å². The topological polar surface area (TPSA) is 67.2 Å². The van der Waals surface area contributed by atoms with Crippen molar-refractivity contribution in [2.75, 3.05) is 37.3 Å². The first kappa shape index (κ1) is 19.3. The van der Waals surface area contributed by atoms with Gasteiger partial charge in [-0.1, -0.05) is 12.1 Å². The fraction of sp³-hybridized carbons (Fsp3) is 0.333. The van der Waals surface area contributed by atoms with Gasteiger partial charge in [0.25, 0.3) is 0 Å². The van der Waals surface area contributed by atoms with Crippen LogP contribution < -0.4 is 4.90 Å². The summed E-state index contributed by atoms with van der Waals surface area (Å²) in [5, 5.41) is 3.14. The molecule has 0 unspecified atom stereocenters. The Labute approximate surface area is 182 Å². The molecule has 5 rings (SSSR count). The van der Waals surface area contributed by atoms with Crippen LogP contribution >= 0.6 is 23.1 Å². The maximum atomic E-state index is 13.1. The minimum absolute atomic E-state index is 0.142. The largest absolute Gasteiger partial charge is 0.352 e. The summed E-state index contributed by atoms with van der Waals surface area (Å²) >= 11 is 3.35. The van der Waals surface area contributed by atoms with Crippen LogP contribution in [0.1, 0.15) is 5.82 Å². The van der Waals surface area contributed by atoms with Crippen LogP contribution in [0.2, 0.25) is 0 Å². The Bertz CT molecular complexity index is 1190. The Morgan fingerprint density at radius 2 is 1.97 bits per heavy atom. The van der Waals surface area contributed by atoms with Crippen molar-refractivity contribution < 1.29 is 4.79 Å². The van der Waals surface area contributed by atoms with Crippen LogP contribution in [0.25, 0.3) is 21.3 Å². The van der Waals surface area contributed by atoms with Gasteiger partial charge in [-0.25, -0.2) is 15.0 Å². The first-order chi connectivity index (χ1) is 14.7. The highest BCUT2D eigenvalue weighted by atomic mass is 32.2. The minimum Gasteiger partial charge on any atom is -0.352 e. The lowest BCUT2D eigenvalue weighted by atomic mass is 10.2. The maximum Gasteiger partial charge on any atom is 0.242 e. The molecule has 0 saturated carbocycles. The van der Waals surface area contributed by atoms with Crippen molar-refractivity contribution in [1.29, 1.82) is 0 Å². The van der Waals surface area contributed by atoms with E-state index in [2.05, 4.69) is 31.8 Å². The highest BCUT2D eigenvalue weighted by Gasteiger charge is 2.24. The van der Waals surface area contributed by atoms with Crippen LogP contribution in [0.4, 0.5) is 5.82 Å². The first-order valence-electron chi connectivity index (χ1n) is 9.88. The zero-order valence-electron chi connectivity index (χ0n) is 16.7. The number of hydrogen-bond donors (Lipinski definition) is 0. The molecule has 7 nitrogen and oxygen atoms in total. The number of amides is 1. The van der Waals surface area contributed by atoms with Gasteiger partial charge in [0.05, 0.1) is 22.2 Å². The van der Waals surface area contributed by atoms with Crippen molar-refractivity contribution in [3.8, 4) is 0 Å². The van der Waals surface area contributed by atoms with Gasteiger partial charge in [0.1, 0.15) is 29.3 Å². The molecule has 0 radical (unpaired) electrons. The van der Waals surface area contributed by atoms with Crippen LogP contribution in [0.3, 0.4) is 0 Å². The zero-order valence-corrected chi connectivity index (χ0v) is 18.3. The van der Waals surface area contributed by atoms with E-state index >= 15 is 0 Å². The summed E-state index contributed by atoms with van der Waals surface area (Å²) < 4.78 is 2.07. The lowest BCUT2D eigenvalue weighted by molar-refractivity contribution is -0.132. The van der Waals surface area contributed by atoms with Crippen LogP contribution in [-0.4, -0.2) is 62.8 Å². The number of hydrogen-bond acceptors (Lipinski definition) is 7. The number of anilines is 1. The molecule has 4 heterocycles. The van der Waals surface area contributed by atoms with Crippen molar-refractivity contribution in [3.63, 3.8) is 0 Å². The third-order valence-corrected chi connectivity index (χ3v) is 6.84. The molecule has 0 aliphatic carbocycles. The summed E-state index contributed by atoms with van der Waals surface area (Å²) in [5.41, 5.74) is 1.97. The van der Waals surface area contributed by atoms with Gasteiger partial charge < -0.3 is 14.4 Å². The average Bonchev–Trinajstić information content (AvgIpc) is 3.39. The van der Waals surface area contributed by atoms with E-state index in [1.807, 2.05) is 34.5 Å². The fourth-order valence-electron chi connectivity index (χ4n) is 3.97. The molecule has 1 fully saturated rings. The molecule has 4 aromatic rings. The molecule has 1 aliphatic rings. The Hall–Kier alpha value is -2.65. The summed E-state index contributed by atoms with van der Waals surface area (Å²) in [6.07, 6.45) is 3.69. The van der Waals surface area contributed by atoms with Gasteiger partial charge in [-0.05, 0) is 29.8 Å². The molecule has 1 amide bonds. The molecule has 1 saturated heterocycles. The number of nitrogens with zero attached hydrogens (tertiary/aromatic N) is 6. The average molecular weight is 439 g/mol. The number of rotatable bonds is 5. The summed E-state index contributed by atoms with van der Waals surface area (Å²) in [6.45, 7) is 3.27. The van der Waals surface area contributed by atoms with Crippen molar-refractivity contribution in [2.24, 2.45) is 0 Å². The first-order valence-corrected chi connectivity index (χ1v) is 12.2. The SMILES string of the molecule is CSCc1nc2ccccc2n1CC(=O)N1CCN(c2ncnc3sccc23)CC1. The van der Waals surface area contributed by atoms with Crippen LogP contribution in [-0.2, 0) is 17.1 Å². The van der Waals surface area contributed by atoms with E-state index in [-0.39, 0.29) is 5.91 Å². The van der Waals surface area contributed by atoms with E-state index < -0.39 is 0 Å². The third kappa shape index (κ3) is 3.52. The molecule has 0 bridgehead atoms. The van der Waals surface area contributed by atoms with Gasteiger partial charge in [0.2, 0.25) is 5.91 Å². The number of thiophene rings is 1. The van der Waals surface area contributed by atoms with Crippen molar-refractivity contribution in [3.05, 3.63) is 47.9 Å². The van der Waals surface area contributed by atoms with E-state index in [9.17, 15) is 4.79 Å². The molecule has 9 heteroatoms. The number of piperazine rings is 1. The molecule has 154 valence electrons. The number of fused-ring (bicyclic) bond motifs is 2. The number of aromatic nitrogens is 4. The van der Waals surface area contributed by atoms with Crippen LogP contribution in [0.15, 0.2) is 42.0 Å². The molecular formula is C21H22N6OS2. The van der Waals surface area contributed by atoms with Gasteiger partial charge in [-0.3, -0.25) is 4.79 Å². The van der Waals surface area contributed by atoms with E-state index in [4.69, 9.17) is 4.98 Å². The molecule has 0 N–H and O–H groups in total.